The zero-order valence-electron chi connectivity index (χ0n) is 17.4. The van der Waals surface area contributed by atoms with Gasteiger partial charge < -0.3 is 4.90 Å². The molecule has 3 heterocycles. The molecule has 162 valence electrons. The molecule has 0 aliphatic heterocycles. The van der Waals surface area contributed by atoms with Gasteiger partial charge in [-0.2, -0.15) is 18.3 Å². The summed E-state index contributed by atoms with van der Waals surface area (Å²) < 4.78 is 44.5. The van der Waals surface area contributed by atoms with Crippen molar-refractivity contribution < 1.29 is 18.0 Å². The van der Waals surface area contributed by atoms with Crippen LogP contribution in [-0.4, -0.2) is 37.0 Å². The van der Waals surface area contributed by atoms with Gasteiger partial charge in [-0.1, -0.05) is 17.7 Å². The lowest BCUT2D eigenvalue weighted by Gasteiger charge is -2.19. The number of hydrogen-bond donors (Lipinski definition) is 0. The van der Waals surface area contributed by atoms with E-state index in [0.29, 0.717) is 0 Å². The molecule has 0 radical (unpaired) electrons. The molecule has 0 aliphatic carbocycles. The van der Waals surface area contributed by atoms with Crippen molar-refractivity contribution in [2.45, 2.75) is 33.5 Å². The molecule has 0 saturated carbocycles. The highest BCUT2D eigenvalue weighted by Gasteiger charge is 2.41. The molecule has 0 spiro atoms. The number of benzene rings is 1. The summed E-state index contributed by atoms with van der Waals surface area (Å²) in [6, 6.07) is 6.48. The van der Waals surface area contributed by atoms with Crippen molar-refractivity contribution in [1.29, 1.82) is 0 Å². The molecule has 0 fully saturated rings. The molecule has 0 unspecified atom stereocenters. The van der Waals surface area contributed by atoms with Crippen molar-refractivity contribution in [3.63, 3.8) is 0 Å². The second kappa shape index (κ2) is 7.52. The third-order valence-electron chi connectivity index (χ3n) is 5.02. The SMILES string of the molecule is Cc1ccc(-n2ncc(C(=O)N(C)Cc3c(C)nc4sc(C)cn34)c2C(F)(F)F)cc1. The molecular weight excluding hydrogens is 427 g/mol. The third-order valence-corrected chi connectivity index (χ3v) is 5.92. The number of halogens is 3. The second-order valence-electron chi connectivity index (χ2n) is 7.45. The Hall–Kier alpha value is -3.14. The number of rotatable bonds is 4. The van der Waals surface area contributed by atoms with Gasteiger partial charge in [-0.05, 0) is 32.9 Å². The largest absolute Gasteiger partial charge is 0.434 e. The van der Waals surface area contributed by atoms with Crippen LogP contribution >= 0.6 is 11.3 Å². The van der Waals surface area contributed by atoms with Gasteiger partial charge in [-0.3, -0.25) is 9.20 Å². The van der Waals surface area contributed by atoms with E-state index in [1.165, 1.54) is 23.3 Å². The van der Waals surface area contributed by atoms with Crippen molar-refractivity contribution in [2.24, 2.45) is 0 Å². The number of thiazole rings is 1. The smallest absolute Gasteiger partial charge is 0.336 e. The van der Waals surface area contributed by atoms with E-state index in [-0.39, 0.29) is 12.2 Å². The third kappa shape index (κ3) is 3.83. The minimum Gasteiger partial charge on any atom is -0.336 e. The Morgan fingerprint density at radius 3 is 2.48 bits per heavy atom. The first-order valence-electron chi connectivity index (χ1n) is 9.48. The molecule has 0 saturated heterocycles. The van der Waals surface area contributed by atoms with E-state index in [1.807, 2.05) is 31.4 Å². The molecule has 3 aromatic heterocycles. The Balaban J connectivity index is 1.70. The molecule has 4 rings (SSSR count). The number of aromatic nitrogens is 4. The van der Waals surface area contributed by atoms with E-state index < -0.39 is 23.3 Å². The molecular formula is C21H20F3N5OS. The maximum Gasteiger partial charge on any atom is 0.434 e. The Morgan fingerprint density at radius 2 is 1.84 bits per heavy atom. The molecule has 1 aromatic carbocycles. The van der Waals surface area contributed by atoms with Crippen LogP contribution in [0.5, 0.6) is 0 Å². The van der Waals surface area contributed by atoms with E-state index in [4.69, 9.17) is 0 Å². The van der Waals surface area contributed by atoms with Gasteiger partial charge in [0.15, 0.2) is 10.7 Å². The monoisotopic (exact) mass is 447 g/mol. The summed E-state index contributed by atoms with van der Waals surface area (Å²) in [4.78, 5) is 20.6. The number of carbonyl (C=O) groups excluding carboxylic acids is 1. The van der Waals surface area contributed by atoms with Gasteiger partial charge in [0.25, 0.3) is 5.91 Å². The maximum absolute atomic E-state index is 13.9. The van der Waals surface area contributed by atoms with E-state index >= 15 is 0 Å². The van der Waals surface area contributed by atoms with E-state index in [9.17, 15) is 18.0 Å². The molecule has 0 bridgehead atoms. The lowest BCUT2D eigenvalue weighted by molar-refractivity contribution is -0.143. The number of hydrogen-bond acceptors (Lipinski definition) is 4. The van der Waals surface area contributed by atoms with Crippen LogP contribution in [0, 0.1) is 20.8 Å². The fourth-order valence-corrected chi connectivity index (χ4v) is 4.35. The van der Waals surface area contributed by atoms with Crippen molar-refractivity contribution in [2.75, 3.05) is 7.05 Å². The summed E-state index contributed by atoms with van der Waals surface area (Å²) in [5.41, 5.74) is 1.06. The molecule has 6 nitrogen and oxygen atoms in total. The lowest BCUT2D eigenvalue weighted by atomic mass is 10.2. The Bertz CT molecular complexity index is 1270. The van der Waals surface area contributed by atoms with Gasteiger partial charge >= 0.3 is 6.18 Å². The molecule has 1 amide bonds. The lowest BCUT2D eigenvalue weighted by Crippen LogP contribution is -2.29. The van der Waals surface area contributed by atoms with Crippen LogP contribution in [0.3, 0.4) is 0 Å². The maximum atomic E-state index is 13.9. The summed E-state index contributed by atoms with van der Waals surface area (Å²) >= 11 is 1.51. The zero-order chi connectivity index (χ0) is 22.5. The number of fused-ring (bicyclic) bond motifs is 1. The molecule has 10 heteroatoms. The number of imidazole rings is 1. The standard InChI is InChI=1S/C21H20F3N5OS/c1-12-5-7-15(8-6-12)29-18(21(22,23)24)16(9-25-29)19(30)27(4)11-17-14(3)26-20-28(17)10-13(2)31-20/h5-10H,11H2,1-4H3. The first-order chi connectivity index (χ1) is 14.6. The molecule has 4 aromatic rings. The van der Waals surface area contributed by atoms with Gasteiger partial charge in [0, 0.05) is 18.1 Å². The van der Waals surface area contributed by atoms with Crippen LogP contribution in [0.2, 0.25) is 0 Å². The first kappa shape index (κ1) is 21.1. The number of amides is 1. The summed E-state index contributed by atoms with van der Waals surface area (Å²) in [6.45, 7) is 5.72. The quantitative estimate of drug-likeness (QED) is 0.452. The van der Waals surface area contributed by atoms with Crippen molar-refractivity contribution in [1.82, 2.24) is 24.1 Å². The first-order valence-corrected chi connectivity index (χ1v) is 10.3. The molecule has 31 heavy (non-hydrogen) atoms. The summed E-state index contributed by atoms with van der Waals surface area (Å²) in [7, 11) is 1.48. The zero-order valence-corrected chi connectivity index (χ0v) is 18.2. The average Bonchev–Trinajstić information content (AvgIpc) is 3.35. The Morgan fingerprint density at radius 1 is 1.16 bits per heavy atom. The predicted octanol–water partition coefficient (Wildman–Crippen LogP) is 4.80. The van der Waals surface area contributed by atoms with Crippen molar-refractivity contribution in [3.05, 3.63) is 69.7 Å². The summed E-state index contributed by atoms with van der Waals surface area (Å²) in [5.74, 6) is -0.757. The number of aryl methyl sites for hydroxylation is 3. The fraction of sp³-hybridized carbons (Fsp3) is 0.286. The molecule has 0 aliphatic rings. The number of carbonyl (C=O) groups is 1. The van der Waals surface area contributed by atoms with E-state index in [0.717, 1.165) is 37.7 Å². The number of nitrogens with zero attached hydrogens (tertiary/aromatic N) is 5. The van der Waals surface area contributed by atoms with Crippen LogP contribution < -0.4 is 0 Å². The van der Waals surface area contributed by atoms with Crippen LogP contribution in [0.1, 0.15) is 37.9 Å². The van der Waals surface area contributed by atoms with E-state index in [1.54, 1.807) is 24.3 Å². The highest BCUT2D eigenvalue weighted by Crippen LogP contribution is 2.34. The normalized spacial score (nSPS) is 12.0. The van der Waals surface area contributed by atoms with Crippen LogP contribution in [0.15, 0.2) is 36.7 Å². The predicted molar refractivity (Wildman–Crippen MR) is 112 cm³/mol. The summed E-state index contributed by atoms with van der Waals surface area (Å²) in [6.07, 6.45) is -1.86. The molecule has 0 N–H and O–H groups in total. The summed E-state index contributed by atoms with van der Waals surface area (Å²) in [5, 5.41) is 3.89. The van der Waals surface area contributed by atoms with Gasteiger partial charge in [0.05, 0.1) is 35.4 Å². The Kier molecular flexibility index (Phi) is 5.12. The minimum atomic E-state index is -4.75. The van der Waals surface area contributed by atoms with Crippen LogP contribution in [0.4, 0.5) is 13.2 Å². The van der Waals surface area contributed by atoms with Crippen LogP contribution in [-0.2, 0) is 12.7 Å². The van der Waals surface area contributed by atoms with Gasteiger partial charge in [0.2, 0.25) is 0 Å². The topological polar surface area (TPSA) is 55.4 Å². The van der Waals surface area contributed by atoms with Crippen molar-refractivity contribution in [3.8, 4) is 5.69 Å². The van der Waals surface area contributed by atoms with Gasteiger partial charge in [0.1, 0.15) is 0 Å². The highest BCUT2D eigenvalue weighted by atomic mass is 32.1. The number of alkyl halides is 3. The van der Waals surface area contributed by atoms with Gasteiger partial charge in [-0.15, -0.1) is 11.3 Å². The fourth-order valence-electron chi connectivity index (χ4n) is 3.46. The second-order valence-corrected chi connectivity index (χ2v) is 8.66. The van der Waals surface area contributed by atoms with E-state index in [2.05, 4.69) is 10.1 Å². The minimum absolute atomic E-state index is 0.120. The van der Waals surface area contributed by atoms with Crippen molar-refractivity contribution >= 4 is 22.2 Å². The average molecular weight is 447 g/mol. The Labute approximate surface area is 180 Å². The van der Waals surface area contributed by atoms with Crippen LogP contribution in [0.25, 0.3) is 10.6 Å². The van der Waals surface area contributed by atoms with Gasteiger partial charge in [-0.25, -0.2) is 9.67 Å². The molecule has 0 atom stereocenters. The highest BCUT2D eigenvalue weighted by molar-refractivity contribution is 7.17.